The molecule has 0 unspecified atom stereocenters. The minimum absolute atomic E-state index is 0.192. The first-order chi connectivity index (χ1) is 14.0. The Morgan fingerprint density at radius 2 is 1.79 bits per heavy atom. The molecule has 0 N–H and O–H groups in total. The normalized spacial score (nSPS) is 18.7. The second kappa shape index (κ2) is 8.24. The lowest BCUT2D eigenvalue weighted by Crippen LogP contribution is -2.44. The number of nitrogens with zero attached hydrogens (tertiary/aromatic N) is 3. The molecular weight excluding hydrogens is 393 g/mol. The largest absolute Gasteiger partial charge is 0.341 e. The number of aromatic nitrogens is 1. The van der Waals surface area contributed by atoms with Crippen LogP contribution >= 0.6 is 11.8 Å². The van der Waals surface area contributed by atoms with Crippen molar-refractivity contribution in [2.75, 3.05) is 19.6 Å². The molecule has 0 spiro atoms. The molecular formula is C21H20FN3O3S. The second-order valence-electron chi connectivity index (χ2n) is 6.99. The fourth-order valence-electron chi connectivity index (χ4n) is 3.50. The zero-order valence-electron chi connectivity index (χ0n) is 15.7. The SMILES string of the molecule is O=C(CN1C(=O)SC(=Cc2cccn2-c2ccc(F)cc2)C1=O)N1CCCCC1. The summed E-state index contributed by atoms with van der Waals surface area (Å²) in [6, 6.07) is 9.60. The molecule has 0 aliphatic carbocycles. The monoisotopic (exact) mass is 413 g/mol. The van der Waals surface area contributed by atoms with E-state index >= 15 is 0 Å². The average molecular weight is 413 g/mol. The minimum Gasteiger partial charge on any atom is -0.341 e. The Morgan fingerprint density at radius 1 is 1.07 bits per heavy atom. The molecule has 2 aliphatic rings. The minimum atomic E-state index is -0.461. The van der Waals surface area contributed by atoms with E-state index in [4.69, 9.17) is 0 Å². The van der Waals surface area contributed by atoms with Gasteiger partial charge in [-0.25, -0.2) is 4.39 Å². The quantitative estimate of drug-likeness (QED) is 0.718. The Hall–Kier alpha value is -2.87. The van der Waals surface area contributed by atoms with Gasteiger partial charge in [-0.3, -0.25) is 19.3 Å². The Morgan fingerprint density at radius 3 is 2.52 bits per heavy atom. The van der Waals surface area contributed by atoms with E-state index in [1.54, 1.807) is 46.0 Å². The smallest absolute Gasteiger partial charge is 0.294 e. The highest BCUT2D eigenvalue weighted by Gasteiger charge is 2.37. The van der Waals surface area contributed by atoms with Crippen LogP contribution in [0, 0.1) is 5.82 Å². The number of benzene rings is 1. The van der Waals surface area contributed by atoms with Gasteiger partial charge in [-0.05, 0) is 73.5 Å². The summed E-state index contributed by atoms with van der Waals surface area (Å²) >= 11 is 0.829. The molecule has 3 heterocycles. The van der Waals surface area contributed by atoms with Gasteiger partial charge < -0.3 is 9.47 Å². The van der Waals surface area contributed by atoms with E-state index < -0.39 is 11.1 Å². The van der Waals surface area contributed by atoms with E-state index in [0.29, 0.717) is 18.8 Å². The number of rotatable bonds is 4. The lowest BCUT2D eigenvalue weighted by molar-refractivity contribution is -0.136. The third-order valence-electron chi connectivity index (χ3n) is 5.04. The fraction of sp³-hybridized carbons (Fsp3) is 0.286. The molecule has 2 saturated heterocycles. The molecule has 2 aliphatic heterocycles. The number of carbonyl (C=O) groups is 3. The van der Waals surface area contributed by atoms with E-state index in [0.717, 1.165) is 41.6 Å². The Kier molecular flexibility index (Phi) is 5.53. The summed E-state index contributed by atoms with van der Waals surface area (Å²) in [6.07, 6.45) is 6.42. The molecule has 3 amide bonds. The van der Waals surface area contributed by atoms with Crippen molar-refractivity contribution in [3.63, 3.8) is 0 Å². The van der Waals surface area contributed by atoms with Crippen LogP contribution in [0.15, 0.2) is 47.5 Å². The molecule has 8 heteroatoms. The molecule has 1 aromatic heterocycles. The van der Waals surface area contributed by atoms with Gasteiger partial charge in [-0.15, -0.1) is 0 Å². The number of hydrogen-bond acceptors (Lipinski definition) is 4. The van der Waals surface area contributed by atoms with Gasteiger partial charge in [-0.2, -0.15) is 0 Å². The Bertz CT molecular complexity index is 977. The zero-order valence-corrected chi connectivity index (χ0v) is 16.5. The van der Waals surface area contributed by atoms with E-state index in [-0.39, 0.29) is 23.2 Å². The molecule has 29 heavy (non-hydrogen) atoms. The fourth-order valence-corrected chi connectivity index (χ4v) is 4.32. The molecule has 0 bridgehead atoms. The van der Waals surface area contributed by atoms with Crippen LogP contribution in [0.1, 0.15) is 25.0 Å². The maximum atomic E-state index is 13.2. The third-order valence-corrected chi connectivity index (χ3v) is 5.95. The van der Waals surface area contributed by atoms with E-state index in [9.17, 15) is 18.8 Å². The number of thioether (sulfide) groups is 1. The molecule has 2 fully saturated rings. The standard InChI is InChI=1S/C21H20FN3O3S/c22-15-6-8-16(9-7-15)24-12-4-5-17(24)13-18-20(27)25(21(28)29-18)14-19(26)23-10-2-1-3-11-23/h4-9,12-13H,1-3,10-11,14H2. The van der Waals surface area contributed by atoms with Crippen molar-refractivity contribution in [2.45, 2.75) is 19.3 Å². The van der Waals surface area contributed by atoms with Crippen molar-refractivity contribution in [3.8, 4) is 5.69 Å². The molecule has 0 atom stereocenters. The lowest BCUT2D eigenvalue weighted by atomic mass is 10.1. The maximum absolute atomic E-state index is 13.2. The summed E-state index contributed by atoms with van der Waals surface area (Å²) in [5, 5.41) is -0.438. The maximum Gasteiger partial charge on any atom is 0.294 e. The first kappa shape index (κ1) is 19.4. The number of hydrogen-bond donors (Lipinski definition) is 0. The zero-order chi connectivity index (χ0) is 20.4. The van der Waals surface area contributed by atoms with Gasteiger partial charge >= 0.3 is 0 Å². The van der Waals surface area contributed by atoms with Crippen LogP contribution in [0.2, 0.25) is 0 Å². The van der Waals surface area contributed by atoms with Gasteiger partial charge in [-0.1, -0.05) is 0 Å². The number of carbonyl (C=O) groups excluding carboxylic acids is 3. The van der Waals surface area contributed by atoms with Crippen molar-refractivity contribution in [1.29, 1.82) is 0 Å². The molecule has 150 valence electrons. The first-order valence-corrected chi connectivity index (χ1v) is 10.3. The summed E-state index contributed by atoms with van der Waals surface area (Å²) in [5.41, 5.74) is 1.42. The van der Waals surface area contributed by atoms with Gasteiger partial charge in [0.15, 0.2) is 0 Å². The van der Waals surface area contributed by atoms with Crippen LogP contribution in [0.25, 0.3) is 11.8 Å². The van der Waals surface area contributed by atoms with Gasteiger partial charge in [0.2, 0.25) is 5.91 Å². The van der Waals surface area contributed by atoms with Gasteiger partial charge in [0, 0.05) is 30.7 Å². The number of imide groups is 1. The van der Waals surface area contributed by atoms with Crippen LogP contribution < -0.4 is 0 Å². The van der Waals surface area contributed by atoms with Gasteiger partial charge in [0.1, 0.15) is 12.4 Å². The van der Waals surface area contributed by atoms with E-state index in [1.165, 1.54) is 12.1 Å². The van der Waals surface area contributed by atoms with Crippen LogP contribution in [-0.4, -0.2) is 51.1 Å². The molecule has 4 rings (SSSR count). The number of halogens is 1. The summed E-state index contributed by atoms with van der Waals surface area (Å²) in [6.45, 7) is 1.13. The molecule has 6 nitrogen and oxygen atoms in total. The topological polar surface area (TPSA) is 62.6 Å². The van der Waals surface area contributed by atoms with Crippen LogP contribution in [0.3, 0.4) is 0 Å². The number of piperidine rings is 1. The molecule has 1 aromatic carbocycles. The Labute approximate surface area is 172 Å². The highest BCUT2D eigenvalue weighted by Crippen LogP contribution is 2.32. The average Bonchev–Trinajstić information content (AvgIpc) is 3.29. The predicted molar refractivity (Wildman–Crippen MR) is 109 cm³/mol. The van der Waals surface area contributed by atoms with E-state index in [2.05, 4.69) is 0 Å². The van der Waals surface area contributed by atoms with Crippen LogP contribution in [-0.2, 0) is 9.59 Å². The van der Waals surface area contributed by atoms with Crippen molar-refractivity contribution in [3.05, 3.63) is 59.0 Å². The Balaban J connectivity index is 1.52. The van der Waals surface area contributed by atoms with E-state index in [1.807, 2.05) is 0 Å². The summed E-state index contributed by atoms with van der Waals surface area (Å²) in [4.78, 5) is 40.5. The van der Waals surface area contributed by atoms with Crippen LogP contribution in [0.5, 0.6) is 0 Å². The van der Waals surface area contributed by atoms with Crippen LogP contribution in [0.4, 0.5) is 9.18 Å². The van der Waals surface area contributed by atoms with Crippen molar-refractivity contribution < 1.29 is 18.8 Å². The number of amides is 3. The lowest BCUT2D eigenvalue weighted by Gasteiger charge is -2.27. The summed E-state index contributed by atoms with van der Waals surface area (Å²) in [7, 11) is 0. The molecule has 0 radical (unpaired) electrons. The van der Waals surface area contributed by atoms with Crippen molar-refractivity contribution in [1.82, 2.24) is 14.4 Å². The number of likely N-dealkylation sites (tertiary alicyclic amines) is 1. The molecule has 0 saturated carbocycles. The van der Waals surface area contributed by atoms with Crippen molar-refractivity contribution >= 4 is 34.9 Å². The summed E-state index contributed by atoms with van der Waals surface area (Å²) in [5.74, 6) is -0.984. The third kappa shape index (κ3) is 4.12. The first-order valence-electron chi connectivity index (χ1n) is 9.49. The highest BCUT2D eigenvalue weighted by atomic mass is 32.2. The second-order valence-corrected chi connectivity index (χ2v) is 7.98. The van der Waals surface area contributed by atoms with Gasteiger partial charge in [0.25, 0.3) is 11.1 Å². The summed E-state index contributed by atoms with van der Waals surface area (Å²) < 4.78 is 15.0. The molecule has 2 aromatic rings. The highest BCUT2D eigenvalue weighted by molar-refractivity contribution is 8.18. The van der Waals surface area contributed by atoms with Crippen molar-refractivity contribution in [2.24, 2.45) is 0 Å². The predicted octanol–water partition coefficient (Wildman–Crippen LogP) is 3.67. The van der Waals surface area contributed by atoms with Gasteiger partial charge in [0.05, 0.1) is 4.91 Å².